The quantitative estimate of drug-likeness (QED) is 0.345. The summed E-state index contributed by atoms with van der Waals surface area (Å²) in [6, 6.07) is 7.22. The van der Waals surface area contributed by atoms with E-state index in [1.54, 1.807) is 24.4 Å². The summed E-state index contributed by atoms with van der Waals surface area (Å²) in [6.45, 7) is 6.04. The fourth-order valence-corrected chi connectivity index (χ4v) is 3.82. The Morgan fingerprint density at radius 1 is 1.27 bits per heavy atom. The molecule has 0 aliphatic carbocycles. The number of carboxylic acid groups (broad SMARTS) is 2. The van der Waals surface area contributed by atoms with Crippen LogP contribution in [0.15, 0.2) is 35.7 Å². The molecule has 1 aromatic carbocycles. The molecule has 1 unspecified atom stereocenters. The number of aliphatic hydroxyl groups excluding tert-OH is 1. The summed E-state index contributed by atoms with van der Waals surface area (Å²) in [5, 5.41) is 36.6. The number of methoxy groups -OCH3 is 1. The van der Waals surface area contributed by atoms with Crippen LogP contribution >= 0.6 is 0 Å². The third kappa shape index (κ3) is 6.53. The number of hydrogen-bond donors (Lipinski definition) is 5. The van der Waals surface area contributed by atoms with Gasteiger partial charge in [0.15, 0.2) is 6.10 Å². The maximum atomic E-state index is 12.4. The Kier molecular flexibility index (Phi) is 9.56. The number of aliphatic hydroxyl groups is 1. The standard InChI is InChI=1S/C21H22N4O3.C4H6O5/c1-5-28-21-18-17(14-7-6-13(9-22)8-15(14)27-4)16(20(23)26)12(3)25-19(18)11(2)10-24-21;5-2(4(8)9)1-3(6)7/h6-8,10,17,25H,5H2,1-4H3,(H2,23,26);2,5H,1H2,(H,6,7)(H,8,9)/t17-;/m1./s1. The van der Waals surface area contributed by atoms with Gasteiger partial charge in [-0.3, -0.25) is 9.59 Å². The third-order valence-corrected chi connectivity index (χ3v) is 5.44. The van der Waals surface area contributed by atoms with Crippen LogP contribution in [0.2, 0.25) is 0 Å². The molecule has 12 nitrogen and oxygen atoms in total. The topological polar surface area (TPSA) is 205 Å². The molecule has 2 atom stereocenters. The number of carboxylic acids is 2. The van der Waals surface area contributed by atoms with E-state index in [-0.39, 0.29) is 0 Å². The van der Waals surface area contributed by atoms with Gasteiger partial charge in [0.1, 0.15) is 5.75 Å². The fourth-order valence-electron chi connectivity index (χ4n) is 3.82. The number of anilines is 1. The van der Waals surface area contributed by atoms with Gasteiger partial charge in [-0.25, -0.2) is 9.78 Å². The van der Waals surface area contributed by atoms with Crippen molar-refractivity contribution in [2.24, 2.45) is 5.73 Å². The van der Waals surface area contributed by atoms with Crippen LogP contribution in [0.1, 0.15) is 48.4 Å². The fraction of sp³-hybridized carbons (Fsp3) is 0.320. The highest BCUT2D eigenvalue weighted by atomic mass is 16.5. The number of primary amides is 1. The molecule has 0 spiro atoms. The molecule has 1 aliphatic rings. The summed E-state index contributed by atoms with van der Waals surface area (Å²) in [4.78, 5) is 36.3. The van der Waals surface area contributed by atoms with Crippen molar-refractivity contribution in [1.29, 1.82) is 5.26 Å². The number of nitrogens with two attached hydrogens (primary N) is 1. The molecule has 1 aromatic heterocycles. The highest BCUT2D eigenvalue weighted by Crippen LogP contribution is 2.48. The Morgan fingerprint density at radius 3 is 2.43 bits per heavy atom. The lowest BCUT2D eigenvalue weighted by Crippen LogP contribution is -2.28. The molecule has 0 saturated heterocycles. The minimum atomic E-state index is -1.79. The van der Waals surface area contributed by atoms with Gasteiger partial charge in [0.05, 0.1) is 48.9 Å². The summed E-state index contributed by atoms with van der Waals surface area (Å²) in [7, 11) is 1.53. The van der Waals surface area contributed by atoms with E-state index >= 15 is 0 Å². The molecular weight excluding hydrogens is 484 g/mol. The van der Waals surface area contributed by atoms with E-state index in [1.165, 1.54) is 7.11 Å². The molecule has 0 radical (unpaired) electrons. The van der Waals surface area contributed by atoms with Crippen molar-refractivity contribution in [3.05, 3.63) is 57.9 Å². The lowest BCUT2D eigenvalue weighted by atomic mass is 9.79. The monoisotopic (exact) mass is 512 g/mol. The lowest BCUT2D eigenvalue weighted by molar-refractivity contribution is -0.152. The second kappa shape index (κ2) is 12.4. The van der Waals surface area contributed by atoms with Crippen LogP contribution in [0.5, 0.6) is 11.6 Å². The number of ether oxygens (including phenoxy) is 2. The summed E-state index contributed by atoms with van der Waals surface area (Å²) < 4.78 is 11.3. The maximum absolute atomic E-state index is 12.4. The van der Waals surface area contributed by atoms with Crippen LogP contribution < -0.4 is 20.5 Å². The Balaban J connectivity index is 0.000000458. The number of pyridine rings is 1. The van der Waals surface area contributed by atoms with Crippen molar-refractivity contribution < 1.29 is 39.2 Å². The van der Waals surface area contributed by atoms with Crippen LogP contribution in [0.3, 0.4) is 0 Å². The molecule has 2 aromatic rings. The number of fused-ring (bicyclic) bond motifs is 1. The molecule has 3 rings (SSSR count). The predicted molar refractivity (Wildman–Crippen MR) is 131 cm³/mol. The molecular formula is C25H28N4O8. The number of nitrogens with one attached hydrogen (secondary N) is 1. The van der Waals surface area contributed by atoms with Crippen LogP contribution in [0, 0.1) is 18.3 Å². The van der Waals surface area contributed by atoms with Gasteiger partial charge in [0.2, 0.25) is 11.8 Å². The number of nitriles is 1. The van der Waals surface area contributed by atoms with Crippen molar-refractivity contribution in [3.8, 4) is 17.7 Å². The van der Waals surface area contributed by atoms with Crippen LogP contribution in [0.4, 0.5) is 5.69 Å². The zero-order chi connectivity index (χ0) is 27.9. The zero-order valence-corrected chi connectivity index (χ0v) is 20.7. The molecule has 37 heavy (non-hydrogen) atoms. The van der Waals surface area contributed by atoms with E-state index < -0.39 is 36.3 Å². The van der Waals surface area contributed by atoms with Gasteiger partial charge in [-0.1, -0.05) is 6.07 Å². The average molecular weight is 513 g/mol. The Labute approximate surface area is 213 Å². The average Bonchev–Trinajstić information content (AvgIpc) is 2.84. The normalized spacial score (nSPS) is 14.6. The smallest absolute Gasteiger partial charge is 0.333 e. The van der Waals surface area contributed by atoms with Crippen molar-refractivity contribution in [3.63, 3.8) is 0 Å². The first-order chi connectivity index (χ1) is 17.5. The molecule has 6 N–H and O–H groups in total. The first kappa shape index (κ1) is 28.6. The highest BCUT2D eigenvalue weighted by Gasteiger charge is 2.36. The largest absolute Gasteiger partial charge is 0.496 e. The number of nitrogens with zero attached hydrogens (tertiary/aromatic N) is 2. The van der Waals surface area contributed by atoms with Gasteiger partial charge in [-0.05, 0) is 38.5 Å². The summed E-state index contributed by atoms with van der Waals surface area (Å²) in [5.41, 5.74) is 10.5. The Bertz CT molecular complexity index is 1280. The van der Waals surface area contributed by atoms with Gasteiger partial charge in [-0.15, -0.1) is 0 Å². The minimum absolute atomic E-state index is 0.406. The van der Waals surface area contributed by atoms with Crippen LogP contribution in [-0.2, 0) is 14.4 Å². The highest BCUT2D eigenvalue weighted by molar-refractivity contribution is 5.98. The van der Waals surface area contributed by atoms with E-state index in [9.17, 15) is 19.6 Å². The molecule has 0 fully saturated rings. The van der Waals surface area contributed by atoms with Gasteiger partial charge < -0.3 is 35.8 Å². The number of carbonyl (C=O) groups is 3. The van der Waals surface area contributed by atoms with Crippen LogP contribution in [-0.4, -0.2) is 58.0 Å². The number of benzene rings is 1. The number of aromatic nitrogens is 1. The molecule has 0 saturated carbocycles. The van der Waals surface area contributed by atoms with E-state index in [4.69, 9.17) is 30.5 Å². The lowest BCUT2D eigenvalue weighted by Gasteiger charge is -2.32. The summed E-state index contributed by atoms with van der Waals surface area (Å²) >= 11 is 0. The first-order valence-electron chi connectivity index (χ1n) is 11.1. The number of allylic oxidation sites excluding steroid dienone is 1. The number of carbonyl (C=O) groups excluding carboxylic acids is 1. The van der Waals surface area contributed by atoms with E-state index in [0.29, 0.717) is 40.6 Å². The number of aryl methyl sites for hydroxylation is 1. The molecule has 1 aliphatic heterocycles. The number of rotatable bonds is 8. The van der Waals surface area contributed by atoms with Gasteiger partial charge in [-0.2, -0.15) is 5.26 Å². The molecule has 2 heterocycles. The van der Waals surface area contributed by atoms with Crippen molar-refractivity contribution >= 4 is 23.5 Å². The summed E-state index contributed by atoms with van der Waals surface area (Å²) in [6.07, 6.45) is -0.815. The Hall–Kier alpha value is -4.63. The SMILES string of the molecule is CCOc1ncc(C)c2c1[C@H](c1ccc(C#N)cc1OC)C(C(N)=O)=C(C)N2.O=C(O)CC(O)C(=O)O. The van der Waals surface area contributed by atoms with Crippen molar-refractivity contribution in [2.75, 3.05) is 19.0 Å². The summed E-state index contributed by atoms with van der Waals surface area (Å²) in [5.74, 6) is -3.01. The van der Waals surface area contributed by atoms with Gasteiger partial charge in [0, 0.05) is 23.0 Å². The van der Waals surface area contributed by atoms with E-state index in [1.807, 2.05) is 20.8 Å². The third-order valence-electron chi connectivity index (χ3n) is 5.44. The van der Waals surface area contributed by atoms with Crippen molar-refractivity contribution in [1.82, 2.24) is 4.98 Å². The van der Waals surface area contributed by atoms with E-state index in [0.717, 1.165) is 16.8 Å². The molecule has 12 heteroatoms. The number of amides is 1. The maximum Gasteiger partial charge on any atom is 0.333 e. The molecule has 196 valence electrons. The van der Waals surface area contributed by atoms with E-state index in [2.05, 4.69) is 16.4 Å². The predicted octanol–water partition coefficient (Wildman–Crippen LogP) is 1.89. The number of aliphatic carboxylic acids is 2. The number of hydrogen-bond acceptors (Lipinski definition) is 9. The second-order valence-electron chi connectivity index (χ2n) is 7.95. The van der Waals surface area contributed by atoms with Crippen LogP contribution in [0.25, 0.3) is 0 Å². The Morgan fingerprint density at radius 2 is 1.95 bits per heavy atom. The van der Waals surface area contributed by atoms with Gasteiger partial charge in [0.25, 0.3) is 0 Å². The molecule has 1 amide bonds. The van der Waals surface area contributed by atoms with Crippen molar-refractivity contribution in [2.45, 2.75) is 39.2 Å². The first-order valence-corrected chi connectivity index (χ1v) is 11.1. The molecule has 0 bridgehead atoms. The minimum Gasteiger partial charge on any atom is -0.496 e. The second-order valence-corrected chi connectivity index (χ2v) is 7.95. The zero-order valence-electron chi connectivity index (χ0n) is 20.7. The van der Waals surface area contributed by atoms with Gasteiger partial charge >= 0.3 is 11.9 Å².